The molecule has 86 valence electrons. The van der Waals surface area contributed by atoms with Crippen molar-refractivity contribution in [2.45, 2.75) is 6.92 Å². The monoisotopic (exact) mass is 374 g/mol. The lowest BCUT2D eigenvalue weighted by Crippen LogP contribution is -1.99. The number of rotatable bonds is 2. The molecule has 0 aromatic heterocycles. The first kappa shape index (κ1) is 14.0. The van der Waals surface area contributed by atoms with E-state index < -0.39 is 0 Å². The summed E-state index contributed by atoms with van der Waals surface area (Å²) in [5, 5.41) is 21.3. The molecule has 0 bridgehead atoms. The molecule has 1 N–H and O–H groups in total. The van der Waals surface area contributed by atoms with Crippen molar-refractivity contribution in [1.29, 1.82) is 10.5 Å². The fraction of sp³-hybridized carbons (Fsp3) is 0.100. The van der Waals surface area contributed by atoms with Crippen molar-refractivity contribution >= 4 is 54.9 Å². The van der Waals surface area contributed by atoms with Gasteiger partial charge in [0.1, 0.15) is 12.1 Å². The Bertz CT molecular complexity index is 553. The van der Waals surface area contributed by atoms with Crippen LogP contribution in [0.25, 0.3) is 0 Å². The van der Waals surface area contributed by atoms with Crippen LogP contribution in [0.2, 0.25) is 5.02 Å². The van der Waals surface area contributed by atoms with Gasteiger partial charge in [-0.1, -0.05) is 11.6 Å². The topological polar surface area (TPSA) is 72.0 Å². The molecule has 7 heteroatoms. The molecule has 17 heavy (non-hydrogen) atoms. The lowest BCUT2D eigenvalue weighted by molar-refractivity contribution is 1.28. The molecule has 0 aliphatic heterocycles. The summed E-state index contributed by atoms with van der Waals surface area (Å²) in [6.45, 7) is 1.80. The molecule has 4 nitrogen and oxygen atoms in total. The first-order valence-electron chi connectivity index (χ1n) is 4.29. The minimum Gasteiger partial charge on any atom is -0.275 e. The number of halogens is 3. The summed E-state index contributed by atoms with van der Waals surface area (Å²) < 4.78 is 1.48. The van der Waals surface area contributed by atoms with E-state index in [1.165, 1.54) is 0 Å². The van der Waals surface area contributed by atoms with Gasteiger partial charge >= 0.3 is 0 Å². The van der Waals surface area contributed by atoms with E-state index in [-0.39, 0.29) is 5.71 Å². The van der Waals surface area contributed by atoms with Gasteiger partial charge < -0.3 is 0 Å². The van der Waals surface area contributed by atoms with Gasteiger partial charge in [-0.05, 0) is 50.4 Å². The Labute approximate surface area is 120 Å². The van der Waals surface area contributed by atoms with Gasteiger partial charge in [0.15, 0.2) is 0 Å². The molecular weight excluding hydrogens is 371 g/mol. The number of benzene rings is 1. The Hall–Kier alpha value is -1.08. The van der Waals surface area contributed by atoms with Gasteiger partial charge in [0.05, 0.1) is 10.7 Å². The van der Waals surface area contributed by atoms with E-state index in [1.807, 2.05) is 0 Å². The highest BCUT2D eigenvalue weighted by Crippen LogP contribution is 2.37. The molecule has 1 aromatic rings. The van der Waals surface area contributed by atoms with Crippen LogP contribution in [0.15, 0.2) is 20.1 Å². The van der Waals surface area contributed by atoms with Crippen LogP contribution in [-0.4, -0.2) is 5.71 Å². The number of nitrogens with one attached hydrogen (secondary N) is 1. The fourth-order valence-electron chi connectivity index (χ4n) is 1.04. The van der Waals surface area contributed by atoms with Crippen LogP contribution in [-0.2, 0) is 0 Å². The summed E-state index contributed by atoms with van der Waals surface area (Å²) in [6, 6.07) is 5.07. The Morgan fingerprint density at radius 3 is 2.47 bits per heavy atom. The van der Waals surface area contributed by atoms with Crippen LogP contribution in [0.5, 0.6) is 0 Å². The quantitative estimate of drug-likeness (QED) is 0.482. The van der Waals surface area contributed by atoms with E-state index in [0.29, 0.717) is 10.7 Å². The molecule has 1 aromatic carbocycles. The van der Waals surface area contributed by atoms with Crippen molar-refractivity contribution in [2.24, 2.45) is 5.10 Å². The van der Waals surface area contributed by atoms with E-state index >= 15 is 0 Å². The summed E-state index contributed by atoms with van der Waals surface area (Å²) in [6.07, 6.45) is 0. The zero-order chi connectivity index (χ0) is 13.0. The Morgan fingerprint density at radius 1 is 1.35 bits per heavy atom. The zero-order valence-corrected chi connectivity index (χ0v) is 12.5. The minimum atomic E-state index is -0.254. The van der Waals surface area contributed by atoms with Gasteiger partial charge in [0, 0.05) is 8.95 Å². The van der Waals surface area contributed by atoms with Crippen molar-refractivity contribution in [3.63, 3.8) is 0 Å². The summed E-state index contributed by atoms with van der Waals surface area (Å²) in [4.78, 5) is 0. The first-order chi connectivity index (χ1) is 8.01. The maximum atomic E-state index is 8.55. The Balaban J connectivity index is 3.18. The van der Waals surface area contributed by atoms with Crippen molar-refractivity contribution in [1.82, 2.24) is 0 Å². The third-order valence-electron chi connectivity index (χ3n) is 1.90. The average molecular weight is 376 g/mol. The highest BCUT2D eigenvalue weighted by atomic mass is 79.9. The summed E-state index contributed by atoms with van der Waals surface area (Å²) >= 11 is 12.7. The largest absolute Gasteiger partial charge is 0.275 e. The van der Waals surface area contributed by atoms with E-state index in [4.69, 9.17) is 22.1 Å². The number of nitrogens with zero attached hydrogens (tertiary/aromatic N) is 3. The second-order valence-corrected chi connectivity index (χ2v) is 5.04. The SMILES string of the molecule is Cc1c(Cl)c(Br)cc(Br)c1NN=C(C#N)C#N. The second-order valence-electron chi connectivity index (χ2n) is 2.95. The molecule has 0 saturated heterocycles. The molecule has 0 unspecified atom stereocenters. The van der Waals surface area contributed by atoms with E-state index in [9.17, 15) is 0 Å². The van der Waals surface area contributed by atoms with Crippen molar-refractivity contribution in [3.8, 4) is 12.1 Å². The number of nitriles is 2. The maximum absolute atomic E-state index is 8.55. The molecular formula is C10H5Br2ClN4. The van der Waals surface area contributed by atoms with Crippen molar-refractivity contribution in [2.75, 3.05) is 5.43 Å². The maximum Gasteiger partial charge on any atom is 0.237 e. The first-order valence-corrected chi connectivity index (χ1v) is 6.25. The molecule has 0 radical (unpaired) electrons. The Morgan fingerprint density at radius 2 is 1.94 bits per heavy atom. The Kier molecular flexibility index (Phi) is 4.95. The van der Waals surface area contributed by atoms with Crippen molar-refractivity contribution in [3.05, 3.63) is 25.6 Å². The zero-order valence-electron chi connectivity index (χ0n) is 8.55. The normalized spacial score (nSPS) is 9.06. The highest BCUT2D eigenvalue weighted by molar-refractivity contribution is 9.11. The smallest absolute Gasteiger partial charge is 0.237 e. The van der Waals surface area contributed by atoms with Crippen LogP contribution < -0.4 is 5.43 Å². The average Bonchev–Trinajstić information content (AvgIpc) is 2.31. The van der Waals surface area contributed by atoms with Gasteiger partial charge in [-0.15, -0.1) is 0 Å². The molecule has 0 amide bonds. The summed E-state index contributed by atoms with van der Waals surface area (Å²) in [7, 11) is 0. The molecule has 0 atom stereocenters. The number of anilines is 1. The van der Waals surface area contributed by atoms with Gasteiger partial charge in [-0.25, -0.2) is 0 Å². The number of hydrogen-bond donors (Lipinski definition) is 1. The van der Waals surface area contributed by atoms with Crippen LogP contribution in [0.3, 0.4) is 0 Å². The summed E-state index contributed by atoms with van der Waals surface area (Å²) in [5.74, 6) is 0. The minimum absolute atomic E-state index is 0.254. The molecule has 0 saturated carbocycles. The van der Waals surface area contributed by atoms with Crippen LogP contribution >= 0.6 is 43.5 Å². The van der Waals surface area contributed by atoms with Gasteiger partial charge in [0.2, 0.25) is 5.71 Å². The van der Waals surface area contributed by atoms with Crippen molar-refractivity contribution < 1.29 is 0 Å². The van der Waals surface area contributed by atoms with E-state index in [0.717, 1.165) is 14.5 Å². The van der Waals surface area contributed by atoms with Crippen LogP contribution in [0, 0.1) is 29.6 Å². The predicted octanol–water partition coefficient (Wildman–Crippen LogP) is 3.99. The number of hydrazone groups is 1. The third-order valence-corrected chi connectivity index (χ3v) is 3.86. The third kappa shape index (κ3) is 3.19. The molecule has 0 spiro atoms. The molecule has 0 aliphatic rings. The lowest BCUT2D eigenvalue weighted by Gasteiger charge is -2.10. The lowest BCUT2D eigenvalue weighted by atomic mass is 10.2. The molecule has 1 rings (SSSR count). The highest BCUT2D eigenvalue weighted by Gasteiger charge is 2.11. The standard InChI is InChI=1S/C10H5Br2ClN4/c1-5-9(13)7(11)2-8(12)10(5)17-16-6(3-14)4-15/h2,17H,1H3. The van der Waals surface area contributed by atoms with Crippen LogP contribution in [0.4, 0.5) is 5.69 Å². The van der Waals surface area contributed by atoms with Gasteiger partial charge in [0.25, 0.3) is 0 Å². The molecule has 0 heterocycles. The predicted molar refractivity (Wildman–Crippen MR) is 73.9 cm³/mol. The molecule has 0 aliphatic carbocycles. The van der Waals surface area contributed by atoms with E-state index in [1.54, 1.807) is 25.1 Å². The van der Waals surface area contributed by atoms with Gasteiger partial charge in [-0.3, -0.25) is 5.43 Å². The summed E-state index contributed by atoms with van der Waals surface area (Å²) in [5.41, 5.74) is 3.76. The second kappa shape index (κ2) is 6.02. The van der Waals surface area contributed by atoms with Crippen LogP contribution in [0.1, 0.15) is 5.56 Å². The fourth-order valence-corrected chi connectivity index (χ4v) is 2.64. The van der Waals surface area contributed by atoms with E-state index in [2.05, 4.69) is 42.4 Å². The number of hydrogen-bond acceptors (Lipinski definition) is 4. The molecule has 0 fully saturated rings. The van der Waals surface area contributed by atoms with Gasteiger partial charge in [-0.2, -0.15) is 15.6 Å².